The molecule has 2 aliphatic rings. The lowest BCUT2D eigenvalue weighted by Gasteiger charge is -2.35. The van der Waals surface area contributed by atoms with Gasteiger partial charge in [0.2, 0.25) is 0 Å². The Labute approximate surface area is 201 Å². The van der Waals surface area contributed by atoms with Gasteiger partial charge in [0.25, 0.3) is 5.91 Å². The Morgan fingerprint density at radius 1 is 1.03 bits per heavy atom. The summed E-state index contributed by atoms with van der Waals surface area (Å²) in [5.74, 6) is 0.818. The van der Waals surface area contributed by atoms with Crippen molar-refractivity contribution in [2.24, 2.45) is 5.92 Å². The molecule has 2 heterocycles. The molecule has 0 spiro atoms. The number of likely N-dealkylation sites (tertiary alicyclic amines) is 1. The van der Waals surface area contributed by atoms with Crippen LogP contribution >= 0.6 is 0 Å². The van der Waals surface area contributed by atoms with E-state index in [2.05, 4.69) is 44.5 Å². The van der Waals surface area contributed by atoms with Gasteiger partial charge in [0.1, 0.15) is 5.69 Å². The Bertz CT molecular complexity index is 1110. The third-order valence-electron chi connectivity index (χ3n) is 6.84. The smallest absolute Gasteiger partial charge is 0.317 e. The van der Waals surface area contributed by atoms with Crippen molar-refractivity contribution in [3.8, 4) is 6.01 Å². The first-order valence-corrected chi connectivity index (χ1v) is 12.3. The number of amides is 1. The van der Waals surface area contributed by atoms with Crippen molar-refractivity contribution in [1.29, 1.82) is 0 Å². The lowest BCUT2D eigenvalue weighted by Crippen LogP contribution is -2.27. The van der Waals surface area contributed by atoms with Crippen molar-refractivity contribution >= 4 is 11.6 Å². The number of anilines is 1. The summed E-state index contributed by atoms with van der Waals surface area (Å²) in [6, 6.07) is 20.5. The molecule has 3 aromatic rings. The number of nitrogens with zero attached hydrogens (tertiary/aromatic N) is 3. The molecule has 34 heavy (non-hydrogen) atoms. The zero-order chi connectivity index (χ0) is 23.3. The summed E-state index contributed by atoms with van der Waals surface area (Å²) in [4.78, 5) is 23.8. The van der Waals surface area contributed by atoms with Crippen LogP contribution in [0, 0.1) is 12.8 Å². The summed E-state index contributed by atoms with van der Waals surface area (Å²) in [6.45, 7) is 5.96. The fraction of sp³-hybridized carbons (Fsp3) is 0.393. The fourth-order valence-corrected chi connectivity index (χ4v) is 4.87. The molecule has 1 saturated heterocycles. The van der Waals surface area contributed by atoms with Gasteiger partial charge < -0.3 is 10.1 Å². The normalized spacial score (nSPS) is 20.0. The Hall–Kier alpha value is -3.25. The van der Waals surface area contributed by atoms with Gasteiger partial charge in [-0.3, -0.25) is 9.69 Å². The van der Waals surface area contributed by atoms with E-state index in [4.69, 9.17) is 4.74 Å². The minimum absolute atomic E-state index is 0.265. The largest absolute Gasteiger partial charge is 0.463 e. The number of aryl methyl sites for hydroxylation is 1. The zero-order valence-corrected chi connectivity index (χ0v) is 19.7. The van der Waals surface area contributed by atoms with Crippen molar-refractivity contribution in [2.45, 2.75) is 45.1 Å². The molecule has 6 heteroatoms. The third-order valence-corrected chi connectivity index (χ3v) is 6.84. The highest BCUT2D eigenvalue weighted by molar-refractivity contribution is 6.02. The standard InChI is InChI=1S/C28H32N4O2/c1-20-15-26(27(33)30-25-7-3-2-4-8-25)31-28(29-20)34-19-22-16-24(17-22)23-11-9-21(10-12-23)18-32-13-5-6-14-32/h2-4,7-12,15,22,24H,5-6,13-14,16-19H2,1H3,(H,30,33)/t22-,24+. The fourth-order valence-electron chi connectivity index (χ4n) is 4.87. The summed E-state index contributed by atoms with van der Waals surface area (Å²) >= 11 is 0. The highest BCUT2D eigenvalue weighted by Crippen LogP contribution is 2.41. The van der Waals surface area contributed by atoms with Crippen LogP contribution in [-0.4, -0.2) is 40.5 Å². The van der Waals surface area contributed by atoms with E-state index in [1.54, 1.807) is 6.07 Å². The number of ether oxygens (including phenoxy) is 1. The Balaban J connectivity index is 1.10. The molecule has 2 fully saturated rings. The minimum Gasteiger partial charge on any atom is -0.463 e. The van der Waals surface area contributed by atoms with Crippen LogP contribution in [0.1, 0.15) is 58.9 Å². The maximum absolute atomic E-state index is 12.6. The molecule has 1 N–H and O–H groups in total. The van der Waals surface area contributed by atoms with Gasteiger partial charge in [0, 0.05) is 17.9 Å². The SMILES string of the molecule is Cc1cc(C(=O)Nc2ccccc2)nc(OC[C@H]2C[C@@H](c3ccc(CN4CCCC4)cc3)C2)n1. The number of nitrogens with one attached hydrogen (secondary N) is 1. The number of benzene rings is 2. The summed E-state index contributed by atoms with van der Waals surface area (Å²) in [6.07, 6.45) is 4.89. The predicted octanol–water partition coefficient (Wildman–Crippen LogP) is 5.21. The molecule has 176 valence electrons. The second-order valence-corrected chi connectivity index (χ2v) is 9.57. The quantitative estimate of drug-likeness (QED) is 0.504. The van der Waals surface area contributed by atoms with E-state index in [0.29, 0.717) is 29.8 Å². The molecule has 0 radical (unpaired) electrons. The molecule has 1 aliphatic carbocycles. The number of hydrogen-bond acceptors (Lipinski definition) is 5. The number of carbonyl (C=O) groups excluding carboxylic acids is 1. The number of para-hydroxylation sites is 1. The van der Waals surface area contributed by atoms with Gasteiger partial charge in [-0.25, -0.2) is 4.98 Å². The van der Waals surface area contributed by atoms with E-state index in [0.717, 1.165) is 25.1 Å². The predicted molar refractivity (Wildman–Crippen MR) is 133 cm³/mol. The van der Waals surface area contributed by atoms with Gasteiger partial charge in [-0.05, 0) is 86.9 Å². The molecule has 1 saturated carbocycles. The van der Waals surface area contributed by atoms with Gasteiger partial charge in [0.15, 0.2) is 0 Å². The van der Waals surface area contributed by atoms with Gasteiger partial charge in [0.05, 0.1) is 6.61 Å². The van der Waals surface area contributed by atoms with Crippen LogP contribution in [0.5, 0.6) is 6.01 Å². The van der Waals surface area contributed by atoms with E-state index in [-0.39, 0.29) is 11.9 Å². The first-order valence-electron chi connectivity index (χ1n) is 12.3. The highest BCUT2D eigenvalue weighted by atomic mass is 16.5. The Morgan fingerprint density at radius 2 is 1.76 bits per heavy atom. The Kier molecular flexibility index (Phi) is 6.86. The van der Waals surface area contributed by atoms with Crippen LogP contribution in [0.25, 0.3) is 0 Å². The number of aromatic nitrogens is 2. The average molecular weight is 457 g/mol. The molecular weight excluding hydrogens is 424 g/mol. The topological polar surface area (TPSA) is 67.3 Å². The van der Waals surface area contributed by atoms with Crippen molar-refractivity contribution in [1.82, 2.24) is 14.9 Å². The highest BCUT2D eigenvalue weighted by Gasteiger charge is 2.31. The van der Waals surface area contributed by atoms with Crippen LogP contribution in [-0.2, 0) is 6.54 Å². The van der Waals surface area contributed by atoms with Gasteiger partial charge in [-0.15, -0.1) is 0 Å². The van der Waals surface area contributed by atoms with Crippen LogP contribution < -0.4 is 10.1 Å². The summed E-state index contributed by atoms with van der Waals surface area (Å²) in [5.41, 5.74) is 4.59. The molecule has 2 aromatic carbocycles. The first-order chi connectivity index (χ1) is 16.6. The molecule has 0 bridgehead atoms. The van der Waals surface area contributed by atoms with E-state index in [1.165, 1.54) is 37.1 Å². The van der Waals surface area contributed by atoms with Gasteiger partial charge in [-0.1, -0.05) is 42.5 Å². The molecular formula is C28H32N4O2. The Morgan fingerprint density at radius 3 is 2.50 bits per heavy atom. The summed E-state index contributed by atoms with van der Waals surface area (Å²) in [7, 11) is 0. The van der Waals surface area contributed by atoms with E-state index < -0.39 is 0 Å². The van der Waals surface area contributed by atoms with Crippen molar-refractivity contribution in [2.75, 3.05) is 25.0 Å². The van der Waals surface area contributed by atoms with Gasteiger partial charge in [-0.2, -0.15) is 4.98 Å². The van der Waals surface area contributed by atoms with Crippen LogP contribution in [0.2, 0.25) is 0 Å². The van der Waals surface area contributed by atoms with E-state index in [1.807, 2.05) is 37.3 Å². The molecule has 0 unspecified atom stereocenters. The second kappa shape index (κ2) is 10.3. The monoisotopic (exact) mass is 456 g/mol. The first kappa shape index (κ1) is 22.5. The van der Waals surface area contributed by atoms with Crippen LogP contribution in [0.3, 0.4) is 0 Å². The number of hydrogen-bond donors (Lipinski definition) is 1. The molecule has 1 aliphatic heterocycles. The molecule has 6 nitrogen and oxygen atoms in total. The summed E-state index contributed by atoms with van der Waals surface area (Å²) < 4.78 is 5.90. The lowest BCUT2D eigenvalue weighted by molar-refractivity contribution is 0.101. The minimum atomic E-state index is -0.265. The molecule has 1 aromatic heterocycles. The van der Waals surface area contributed by atoms with Crippen molar-refractivity contribution in [3.05, 3.63) is 83.2 Å². The van der Waals surface area contributed by atoms with E-state index >= 15 is 0 Å². The van der Waals surface area contributed by atoms with Gasteiger partial charge >= 0.3 is 6.01 Å². The second-order valence-electron chi connectivity index (χ2n) is 9.57. The number of carbonyl (C=O) groups is 1. The van der Waals surface area contributed by atoms with Crippen molar-refractivity contribution < 1.29 is 9.53 Å². The molecule has 0 atom stereocenters. The zero-order valence-electron chi connectivity index (χ0n) is 19.7. The van der Waals surface area contributed by atoms with Crippen LogP contribution in [0.15, 0.2) is 60.7 Å². The summed E-state index contributed by atoms with van der Waals surface area (Å²) in [5, 5.41) is 2.86. The maximum Gasteiger partial charge on any atom is 0.317 e. The average Bonchev–Trinajstić information content (AvgIpc) is 3.32. The molecule has 5 rings (SSSR count). The lowest BCUT2D eigenvalue weighted by atomic mass is 9.72. The number of rotatable bonds is 8. The van der Waals surface area contributed by atoms with Crippen LogP contribution in [0.4, 0.5) is 5.69 Å². The molecule has 1 amide bonds. The van der Waals surface area contributed by atoms with Crippen molar-refractivity contribution in [3.63, 3.8) is 0 Å². The third kappa shape index (κ3) is 5.62. The maximum atomic E-state index is 12.6. The van der Waals surface area contributed by atoms with E-state index in [9.17, 15) is 4.79 Å².